The molecule has 1 aromatic carbocycles. The second-order valence-corrected chi connectivity index (χ2v) is 6.73. The van der Waals surface area contributed by atoms with Crippen LogP contribution in [0, 0.1) is 17.2 Å². The standard InChI is InChI=1S/C14H18N2O4S/c1-19-12-3-4-14(13(9-12)20-2)21(17,18)16-7-5-11(10-15)6-8-16/h3-4,9,11H,5-8H2,1-2H3. The van der Waals surface area contributed by atoms with Gasteiger partial charge in [-0.15, -0.1) is 0 Å². The van der Waals surface area contributed by atoms with Crippen molar-refractivity contribution in [2.45, 2.75) is 17.7 Å². The Hall–Kier alpha value is -1.78. The molecule has 1 aromatic rings. The van der Waals surface area contributed by atoms with Crippen molar-refractivity contribution in [1.82, 2.24) is 4.31 Å². The number of methoxy groups -OCH3 is 2. The fourth-order valence-corrected chi connectivity index (χ4v) is 3.96. The van der Waals surface area contributed by atoms with Gasteiger partial charge in [0.2, 0.25) is 10.0 Å². The van der Waals surface area contributed by atoms with Crippen molar-refractivity contribution in [3.63, 3.8) is 0 Å². The molecule has 1 aliphatic rings. The van der Waals surface area contributed by atoms with Crippen molar-refractivity contribution < 1.29 is 17.9 Å². The van der Waals surface area contributed by atoms with E-state index in [4.69, 9.17) is 14.7 Å². The third-order valence-electron chi connectivity index (χ3n) is 3.63. The van der Waals surface area contributed by atoms with Gasteiger partial charge >= 0.3 is 0 Å². The molecule has 2 rings (SSSR count). The molecule has 0 aromatic heterocycles. The number of hydrogen-bond donors (Lipinski definition) is 0. The molecule has 7 heteroatoms. The van der Waals surface area contributed by atoms with Crippen molar-refractivity contribution in [3.05, 3.63) is 18.2 Å². The van der Waals surface area contributed by atoms with E-state index in [9.17, 15) is 8.42 Å². The lowest BCUT2D eigenvalue weighted by Crippen LogP contribution is -2.38. The first kappa shape index (κ1) is 15.6. The number of rotatable bonds is 4. The van der Waals surface area contributed by atoms with Gasteiger partial charge in [-0.3, -0.25) is 0 Å². The van der Waals surface area contributed by atoms with Crippen LogP contribution in [0.1, 0.15) is 12.8 Å². The maximum Gasteiger partial charge on any atom is 0.246 e. The summed E-state index contributed by atoms with van der Waals surface area (Å²) in [6, 6.07) is 6.83. The van der Waals surface area contributed by atoms with E-state index >= 15 is 0 Å². The Labute approximate surface area is 124 Å². The van der Waals surface area contributed by atoms with Crippen LogP contribution in [0.5, 0.6) is 11.5 Å². The number of sulfonamides is 1. The van der Waals surface area contributed by atoms with Gasteiger partial charge in [-0.25, -0.2) is 8.42 Å². The van der Waals surface area contributed by atoms with Crippen LogP contribution in [0.4, 0.5) is 0 Å². The highest BCUT2D eigenvalue weighted by Gasteiger charge is 2.31. The lowest BCUT2D eigenvalue weighted by atomic mass is 10.0. The Balaban J connectivity index is 2.30. The van der Waals surface area contributed by atoms with Gasteiger partial charge in [0.05, 0.1) is 20.3 Å². The van der Waals surface area contributed by atoms with Gasteiger partial charge in [0.15, 0.2) is 0 Å². The van der Waals surface area contributed by atoms with Crippen LogP contribution in [0.3, 0.4) is 0 Å². The van der Waals surface area contributed by atoms with Gasteiger partial charge in [-0.05, 0) is 25.0 Å². The molecular formula is C14H18N2O4S. The monoisotopic (exact) mass is 310 g/mol. The molecule has 1 aliphatic heterocycles. The Morgan fingerprint density at radius 1 is 1.24 bits per heavy atom. The van der Waals surface area contributed by atoms with Crippen LogP contribution < -0.4 is 9.47 Å². The predicted octanol–water partition coefficient (Wildman–Crippen LogP) is 1.63. The normalized spacial score (nSPS) is 17.2. The lowest BCUT2D eigenvalue weighted by molar-refractivity contribution is 0.308. The summed E-state index contributed by atoms with van der Waals surface area (Å²) in [5.41, 5.74) is 0. The minimum atomic E-state index is -3.62. The smallest absolute Gasteiger partial charge is 0.246 e. The van der Waals surface area contributed by atoms with Crippen molar-refractivity contribution >= 4 is 10.0 Å². The molecule has 0 radical (unpaired) electrons. The summed E-state index contributed by atoms with van der Waals surface area (Å²) in [6.07, 6.45) is 1.13. The zero-order chi connectivity index (χ0) is 15.5. The largest absolute Gasteiger partial charge is 0.497 e. The molecule has 0 unspecified atom stereocenters. The van der Waals surface area contributed by atoms with Crippen LogP contribution in [0.2, 0.25) is 0 Å². The summed E-state index contributed by atoms with van der Waals surface area (Å²) in [4.78, 5) is 0.126. The van der Waals surface area contributed by atoms with Gasteiger partial charge in [-0.2, -0.15) is 9.57 Å². The molecule has 0 N–H and O–H groups in total. The number of ether oxygens (including phenoxy) is 2. The van der Waals surface area contributed by atoms with Crippen molar-refractivity contribution in [2.24, 2.45) is 5.92 Å². The zero-order valence-corrected chi connectivity index (χ0v) is 12.9. The topological polar surface area (TPSA) is 79.6 Å². The molecule has 114 valence electrons. The molecule has 0 atom stereocenters. The Kier molecular flexibility index (Phi) is 4.70. The summed E-state index contributed by atoms with van der Waals surface area (Å²) in [6.45, 7) is 0.714. The van der Waals surface area contributed by atoms with Gasteiger partial charge in [-0.1, -0.05) is 0 Å². The number of piperidine rings is 1. The summed E-state index contributed by atoms with van der Waals surface area (Å²) in [7, 11) is -0.682. The Bertz CT molecular complexity index is 643. The minimum absolute atomic E-state index is 0.0609. The van der Waals surface area contributed by atoms with Gasteiger partial charge < -0.3 is 9.47 Å². The summed E-state index contributed by atoms with van der Waals surface area (Å²) in [5.74, 6) is 0.736. The van der Waals surface area contributed by atoms with E-state index < -0.39 is 10.0 Å². The van der Waals surface area contributed by atoms with E-state index in [0.29, 0.717) is 31.7 Å². The average molecular weight is 310 g/mol. The third-order valence-corrected chi connectivity index (χ3v) is 5.56. The highest BCUT2D eigenvalue weighted by molar-refractivity contribution is 7.89. The molecule has 0 aliphatic carbocycles. The second kappa shape index (κ2) is 6.33. The van der Waals surface area contributed by atoms with Crippen LogP contribution >= 0.6 is 0 Å². The molecule has 1 fully saturated rings. The quantitative estimate of drug-likeness (QED) is 0.844. The molecule has 1 saturated heterocycles. The van der Waals surface area contributed by atoms with Crippen molar-refractivity contribution in [2.75, 3.05) is 27.3 Å². The van der Waals surface area contributed by atoms with Crippen LogP contribution in [-0.2, 0) is 10.0 Å². The van der Waals surface area contributed by atoms with Crippen LogP contribution in [0.25, 0.3) is 0 Å². The minimum Gasteiger partial charge on any atom is -0.497 e. The summed E-state index contributed by atoms with van der Waals surface area (Å²) in [5, 5.41) is 8.89. The highest BCUT2D eigenvalue weighted by atomic mass is 32.2. The number of nitriles is 1. The van der Waals surface area contributed by atoms with E-state index in [2.05, 4.69) is 6.07 Å². The summed E-state index contributed by atoms with van der Waals surface area (Å²) >= 11 is 0. The van der Waals surface area contributed by atoms with E-state index in [1.165, 1.54) is 24.6 Å². The molecule has 6 nitrogen and oxygen atoms in total. The van der Waals surface area contributed by atoms with Crippen molar-refractivity contribution in [1.29, 1.82) is 5.26 Å². The van der Waals surface area contributed by atoms with Gasteiger partial charge in [0, 0.05) is 25.1 Å². The van der Waals surface area contributed by atoms with Crippen LogP contribution in [-0.4, -0.2) is 40.0 Å². The highest BCUT2D eigenvalue weighted by Crippen LogP contribution is 2.32. The molecule has 0 bridgehead atoms. The fraction of sp³-hybridized carbons (Fsp3) is 0.500. The number of hydrogen-bond acceptors (Lipinski definition) is 5. The Morgan fingerprint density at radius 3 is 2.43 bits per heavy atom. The number of nitrogens with zero attached hydrogens (tertiary/aromatic N) is 2. The summed E-state index contributed by atoms with van der Waals surface area (Å²) < 4.78 is 37.0. The van der Waals surface area contributed by atoms with E-state index in [-0.39, 0.29) is 16.6 Å². The molecule has 0 saturated carbocycles. The SMILES string of the molecule is COc1ccc(S(=O)(=O)N2CCC(C#N)CC2)c(OC)c1. The molecule has 0 amide bonds. The maximum atomic E-state index is 12.7. The van der Waals surface area contributed by atoms with Crippen LogP contribution in [0.15, 0.2) is 23.1 Å². The Morgan fingerprint density at radius 2 is 1.90 bits per heavy atom. The first-order chi connectivity index (χ1) is 10.0. The molecule has 21 heavy (non-hydrogen) atoms. The first-order valence-electron chi connectivity index (χ1n) is 6.64. The molecular weight excluding hydrogens is 292 g/mol. The average Bonchev–Trinajstić information content (AvgIpc) is 2.54. The second-order valence-electron chi connectivity index (χ2n) is 4.82. The van der Waals surface area contributed by atoms with Gasteiger partial charge in [0.25, 0.3) is 0 Å². The van der Waals surface area contributed by atoms with E-state index in [0.717, 1.165) is 0 Å². The fourth-order valence-electron chi connectivity index (χ4n) is 2.35. The first-order valence-corrected chi connectivity index (χ1v) is 8.08. The molecule has 1 heterocycles. The zero-order valence-electron chi connectivity index (χ0n) is 12.1. The van der Waals surface area contributed by atoms with E-state index in [1.54, 1.807) is 12.1 Å². The van der Waals surface area contributed by atoms with Crippen molar-refractivity contribution in [3.8, 4) is 17.6 Å². The third kappa shape index (κ3) is 3.12. The van der Waals surface area contributed by atoms with E-state index in [1.807, 2.05) is 0 Å². The molecule has 0 spiro atoms. The lowest BCUT2D eigenvalue weighted by Gasteiger charge is -2.28. The number of benzene rings is 1. The van der Waals surface area contributed by atoms with Gasteiger partial charge in [0.1, 0.15) is 16.4 Å². The maximum absolute atomic E-state index is 12.7. The predicted molar refractivity (Wildman–Crippen MR) is 76.6 cm³/mol.